The SMILES string of the molecule is COC(=O)N(CCl)c1ccc(Cl)cc1. The second-order valence-corrected chi connectivity index (χ2v) is 3.17. The van der Waals surface area contributed by atoms with Crippen molar-refractivity contribution in [3.63, 3.8) is 0 Å². The van der Waals surface area contributed by atoms with Crippen molar-refractivity contribution in [1.29, 1.82) is 0 Å². The number of alkyl halides is 1. The maximum atomic E-state index is 11.2. The first-order chi connectivity index (χ1) is 6.69. The van der Waals surface area contributed by atoms with E-state index in [1.165, 1.54) is 12.0 Å². The summed E-state index contributed by atoms with van der Waals surface area (Å²) in [4.78, 5) is 12.5. The van der Waals surface area contributed by atoms with E-state index in [2.05, 4.69) is 4.74 Å². The second kappa shape index (κ2) is 5.08. The first-order valence-electron chi connectivity index (χ1n) is 3.86. The molecule has 0 radical (unpaired) electrons. The van der Waals surface area contributed by atoms with Crippen LogP contribution in [0.15, 0.2) is 24.3 Å². The summed E-state index contributed by atoms with van der Waals surface area (Å²) >= 11 is 11.3. The van der Waals surface area contributed by atoms with Crippen LogP contribution in [0, 0.1) is 0 Å². The van der Waals surface area contributed by atoms with Gasteiger partial charge in [-0.15, -0.1) is 11.6 Å². The Morgan fingerprint density at radius 2 is 2.00 bits per heavy atom. The molecular formula is C9H9Cl2NO2. The lowest BCUT2D eigenvalue weighted by Crippen LogP contribution is -2.29. The summed E-state index contributed by atoms with van der Waals surface area (Å²) in [6.07, 6.45) is -0.498. The van der Waals surface area contributed by atoms with E-state index in [0.717, 1.165) is 0 Å². The van der Waals surface area contributed by atoms with E-state index in [4.69, 9.17) is 23.2 Å². The zero-order valence-corrected chi connectivity index (χ0v) is 9.05. The monoisotopic (exact) mass is 233 g/mol. The molecule has 1 rings (SSSR count). The number of carbonyl (C=O) groups is 1. The van der Waals surface area contributed by atoms with Gasteiger partial charge in [0.2, 0.25) is 0 Å². The van der Waals surface area contributed by atoms with Crippen molar-refractivity contribution in [2.45, 2.75) is 0 Å². The lowest BCUT2D eigenvalue weighted by molar-refractivity contribution is 0.180. The van der Waals surface area contributed by atoms with Crippen molar-refractivity contribution in [2.75, 3.05) is 18.0 Å². The highest BCUT2D eigenvalue weighted by atomic mass is 35.5. The van der Waals surface area contributed by atoms with Gasteiger partial charge in [-0.2, -0.15) is 0 Å². The van der Waals surface area contributed by atoms with Crippen molar-refractivity contribution >= 4 is 35.0 Å². The largest absolute Gasteiger partial charge is 0.452 e. The van der Waals surface area contributed by atoms with Crippen molar-refractivity contribution in [1.82, 2.24) is 0 Å². The van der Waals surface area contributed by atoms with Crippen molar-refractivity contribution in [3.05, 3.63) is 29.3 Å². The molecule has 1 aromatic rings. The minimum Gasteiger partial charge on any atom is -0.452 e. The minimum atomic E-state index is -0.498. The highest BCUT2D eigenvalue weighted by Crippen LogP contribution is 2.18. The fourth-order valence-electron chi connectivity index (χ4n) is 0.954. The molecule has 0 bridgehead atoms. The summed E-state index contributed by atoms with van der Waals surface area (Å²) in [6.45, 7) is 0. The summed E-state index contributed by atoms with van der Waals surface area (Å²) in [6, 6.07) is 6.79. The number of amides is 1. The van der Waals surface area contributed by atoms with Gasteiger partial charge in [0, 0.05) is 10.7 Å². The molecule has 3 nitrogen and oxygen atoms in total. The average molecular weight is 234 g/mol. The van der Waals surface area contributed by atoms with Crippen molar-refractivity contribution in [3.8, 4) is 0 Å². The predicted molar refractivity (Wildman–Crippen MR) is 57.1 cm³/mol. The molecule has 0 heterocycles. The number of nitrogens with zero attached hydrogens (tertiary/aromatic N) is 1. The van der Waals surface area contributed by atoms with Gasteiger partial charge in [-0.1, -0.05) is 11.6 Å². The molecular weight excluding hydrogens is 225 g/mol. The van der Waals surface area contributed by atoms with Gasteiger partial charge in [0.1, 0.15) is 6.00 Å². The van der Waals surface area contributed by atoms with Gasteiger partial charge >= 0.3 is 6.09 Å². The first kappa shape index (κ1) is 11.1. The third kappa shape index (κ3) is 2.53. The molecule has 76 valence electrons. The van der Waals surface area contributed by atoms with Crippen LogP contribution in [0.1, 0.15) is 0 Å². The molecule has 0 aliphatic heterocycles. The van der Waals surface area contributed by atoms with Gasteiger partial charge in [0.05, 0.1) is 7.11 Å². The Bertz CT molecular complexity index is 313. The Labute approximate surface area is 92.2 Å². The molecule has 0 aliphatic rings. The number of carbonyl (C=O) groups excluding carboxylic acids is 1. The summed E-state index contributed by atoms with van der Waals surface area (Å²) in [5, 5.41) is 0.605. The van der Waals surface area contributed by atoms with Gasteiger partial charge in [-0.05, 0) is 24.3 Å². The number of ether oxygens (including phenoxy) is 1. The summed E-state index contributed by atoms with van der Waals surface area (Å²) in [5.41, 5.74) is 0.649. The zero-order valence-electron chi connectivity index (χ0n) is 7.54. The van der Waals surface area contributed by atoms with E-state index >= 15 is 0 Å². The smallest absolute Gasteiger partial charge is 0.415 e. The molecule has 0 atom stereocenters. The lowest BCUT2D eigenvalue weighted by atomic mass is 10.3. The molecule has 1 aromatic carbocycles. The van der Waals surface area contributed by atoms with Gasteiger partial charge in [-0.3, -0.25) is 4.90 Å². The molecule has 0 unspecified atom stereocenters. The number of benzene rings is 1. The Kier molecular flexibility index (Phi) is 4.04. The van der Waals surface area contributed by atoms with Crippen LogP contribution in [-0.2, 0) is 4.74 Å². The highest BCUT2D eigenvalue weighted by Gasteiger charge is 2.13. The van der Waals surface area contributed by atoms with Crippen LogP contribution >= 0.6 is 23.2 Å². The van der Waals surface area contributed by atoms with Gasteiger partial charge in [-0.25, -0.2) is 4.79 Å². The standard InChI is InChI=1S/C9H9Cl2NO2/c1-14-9(13)12(6-10)8-4-2-7(11)3-5-8/h2-5H,6H2,1H3. The molecule has 0 aliphatic carbocycles. The number of halogens is 2. The van der Waals surface area contributed by atoms with Crippen molar-refractivity contribution < 1.29 is 9.53 Å². The third-order valence-electron chi connectivity index (χ3n) is 1.65. The summed E-state index contributed by atoms with van der Waals surface area (Å²) in [5.74, 6) is 0. The maximum absolute atomic E-state index is 11.2. The topological polar surface area (TPSA) is 29.5 Å². The quantitative estimate of drug-likeness (QED) is 0.581. The van der Waals surface area contributed by atoms with Gasteiger partial charge < -0.3 is 4.74 Å². The van der Waals surface area contributed by atoms with E-state index in [1.54, 1.807) is 24.3 Å². The Balaban J connectivity index is 2.89. The molecule has 14 heavy (non-hydrogen) atoms. The number of anilines is 1. The summed E-state index contributed by atoms with van der Waals surface area (Å²) < 4.78 is 4.56. The fourth-order valence-corrected chi connectivity index (χ4v) is 1.32. The van der Waals surface area contributed by atoms with Crippen molar-refractivity contribution in [2.24, 2.45) is 0 Å². The van der Waals surface area contributed by atoms with Crippen LogP contribution in [0.2, 0.25) is 5.02 Å². The van der Waals surface area contributed by atoms with E-state index in [-0.39, 0.29) is 6.00 Å². The Morgan fingerprint density at radius 1 is 1.43 bits per heavy atom. The normalized spacial score (nSPS) is 9.64. The number of hydrogen-bond donors (Lipinski definition) is 0. The van der Waals surface area contributed by atoms with E-state index in [9.17, 15) is 4.79 Å². The lowest BCUT2D eigenvalue weighted by Gasteiger charge is -2.17. The van der Waals surface area contributed by atoms with Crippen LogP contribution in [0.4, 0.5) is 10.5 Å². The van der Waals surface area contributed by atoms with Gasteiger partial charge in [0.25, 0.3) is 0 Å². The summed E-state index contributed by atoms with van der Waals surface area (Å²) in [7, 11) is 1.30. The van der Waals surface area contributed by atoms with Crippen LogP contribution in [0.3, 0.4) is 0 Å². The molecule has 1 amide bonds. The molecule has 5 heteroatoms. The highest BCUT2D eigenvalue weighted by molar-refractivity contribution is 6.30. The van der Waals surface area contributed by atoms with Crippen LogP contribution in [0.5, 0.6) is 0 Å². The minimum absolute atomic E-state index is 0.0360. The molecule has 0 saturated carbocycles. The van der Waals surface area contributed by atoms with E-state index in [1.807, 2.05) is 0 Å². The first-order valence-corrected chi connectivity index (χ1v) is 4.77. The van der Waals surface area contributed by atoms with Gasteiger partial charge in [0.15, 0.2) is 0 Å². The van der Waals surface area contributed by atoms with Crippen LogP contribution in [-0.4, -0.2) is 19.2 Å². The number of rotatable bonds is 2. The molecule has 0 saturated heterocycles. The number of hydrogen-bond acceptors (Lipinski definition) is 2. The van der Waals surface area contributed by atoms with Crippen LogP contribution < -0.4 is 4.90 Å². The van der Waals surface area contributed by atoms with Crippen LogP contribution in [0.25, 0.3) is 0 Å². The fraction of sp³-hybridized carbons (Fsp3) is 0.222. The maximum Gasteiger partial charge on any atom is 0.415 e. The number of methoxy groups -OCH3 is 1. The Hall–Kier alpha value is -0.930. The molecule has 0 fully saturated rings. The molecule has 0 spiro atoms. The van der Waals surface area contributed by atoms with E-state index in [0.29, 0.717) is 10.7 Å². The third-order valence-corrected chi connectivity index (χ3v) is 2.14. The zero-order chi connectivity index (χ0) is 10.6. The predicted octanol–water partition coefficient (Wildman–Crippen LogP) is 3.11. The molecule has 0 N–H and O–H groups in total. The Morgan fingerprint density at radius 3 is 2.43 bits per heavy atom. The van der Waals surface area contributed by atoms with E-state index < -0.39 is 6.09 Å². The second-order valence-electron chi connectivity index (χ2n) is 2.49. The molecule has 0 aromatic heterocycles. The average Bonchev–Trinajstić information content (AvgIpc) is 2.21.